The van der Waals surface area contributed by atoms with Gasteiger partial charge in [-0.05, 0) is 43.7 Å². The van der Waals surface area contributed by atoms with Gasteiger partial charge in [-0.3, -0.25) is 0 Å². The molecule has 2 aliphatic rings. The molecule has 2 saturated carbocycles. The van der Waals surface area contributed by atoms with Crippen LogP contribution in [-0.2, 0) is 5.41 Å². The van der Waals surface area contributed by atoms with Gasteiger partial charge in [0.1, 0.15) is 0 Å². The van der Waals surface area contributed by atoms with E-state index in [9.17, 15) is 0 Å². The Hall–Kier alpha value is -0.820. The molecule has 0 aromatic heterocycles. The average Bonchev–Trinajstić information content (AvgIpc) is 2.91. The number of likely N-dealkylation sites (N-methyl/N-ethyl adjacent to an activating group) is 1. The van der Waals surface area contributed by atoms with Gasteiger partial charge in [-0.15, -0.1) is 0 Å². The minimum atomic E-state index is 0.437. The topological polar surface area (TPSA) is 12.0 Å². The Morgan fingerprint density at radius 3 is 2.32 bits per heavy atom. The quantitative estimate of drug-likeness (QED) is 0.830. The summed E-state index contributed by atoms with van der Waals surface area (Å²) in [6.07, 6.45) is 9.92. The maximum absolute atomic E-state index is 3.87. The van der Waals surface area contributed by atoms with Crippen molar-refractivity contribution in [3.8, 4) is 0 Å². The molecule has 0 heterocycles. The first-order valence-corrected chi connectivity index (χ1v) is 8.16. The third kappa shape index (κ3) is 2.33. The molecule has 3 rings (SSSR count). The van der Waals surface area contributed by atoms with E-state index in [0.717, 1.165) is 12.5 Å². The molecule has 1 heteroatoms. The van der Waals surface area contributed by atoms with Crippen LogP contribution in [0.3, 0.4) is 0 Å². The second-order valence-corrected chi connectivity index (χ2v) is 6.46. The maximum Gasteiger partial charge on any atom is 0.0192 e. The van der Waals surface area contributed by atoms with Crippen LogP contribution in [0.2, 0.25) is 0 Å². The van der Waals surface area contributed by atoms with Gasteiger partial charge in [-0.2, -0.15) is 0 Å². The normalized spacial score (nSPS) is 24.1. The third-order valence-corrected chi connectivity index (χ3v) is 5.49. The standard InChI is InChI=1S/C18H27N/c1-2-19-17(15-9-6-7-10-15)18(13-8-14-18)16-11-4-3-5-12-16/h3-5,11-12,15,17,19H,2,6-10,13-14H2,1H3. The lowest BCUT2D eigenvalue weighted by Gasteiger charge is -2.51. The number of nitrogens with one attached hydrogen (secondary N) is 1. The highest BCUT2D eigenvalue weighted by Gasteiger charge is 2.48. The SMILES string of the molecule is CCNC(C1CCCC1)C1(c2ccccc2)CCC1. The number of rotatable bonds is 5. The first-order valence-electron chi connectivity index (χ1n) is 8.16. The zero-order valence-corrected chi connectivity index (χ0v) is 12.2. The van der Waals surface area contributed by atoms with Crippen molar-refractivity contribution in [3.63, 3.8) is 0 Å². The van der Waals surface area contributed by atoms with Crippen molar-refractivity contribution in [2.24, 2.45) is 5.92 Å². The second kappa shape index (κ2) is 5.66. The zero-order chi connectivity index (χ0) is 13.1. The average molecular weight is 257 g/mol. The van der Waals surface area contributed by atoms with Gasteiger partial charge in [-0.1, -0.05) is 56.5 Å². The first-order chi connectivity index (χ1) is 9.37. The van der Waals surface area contributed by atoms with Crippen LogP contribution in [-0.4, -0.2) is 12.6 Å². The minimum absolute atomic E-state index is 0.437. The van der Waals surface area contributed by atoms with E-state index >= 15 is 0 Å². The van der Waals surface area contributed by atoms with Crippen LogP contribution in [0.4, 0.5) is 0 Å². The molecular weight excluding hydrogens is 230 g/mol. The number of benzene rings is 1. The van der Waals surface area contributed by atoms with Crippen LogP contribution in [0.15, 0.2) is 30.3 Å². The highest BCUT2D eigenvalue weighted by Crippen LogP contribution is 2.50. The molecule has 1 N–H and O–H groups in total. The maximum atomic E-state index is 3.87. The molecule has 0 bridgehead atoms. The number of hydrogen-bond acceptors (Lipinski definition) is 1. The molecule has 2 fully saturated rings. The van der Waals surface area contributed by atoms with Crippen LogP contribution < -0.4 is 5.32 Å². The van der Waals surface area contributed by atoms with Crippen molar-refractivity contribution in [1.29, 1.82) is 0 Å². The molecule has 0 aliphatic heterocycles. The van der Waals surface area contributed by atoms with Crippen molar-refractivity contribution in [2.45, 2.75) is 63.3 Å². The zero-order valence-electron chi connectivity index (χ0n) is 12.2. The van der Waals surface area contributed by atoms with E-state index in [2.05, 4.69) is 42.6 Å². The van der Waals surface area contributed by atoms with Gasteiger partial charge in [-0.25, -0.2) is 0 Å². The van der Waals surface area contributed by atoms with Crippen molar-refractivity contribution in [1.82, 2.24) is 5.32 Å². The molecule has 2 aliphatic carbocycles. The van der Waals surface area contributed by atoms with Gasteiger partial charge in [0.15, 0.2) is 0 Å². The van der Waals surface area contributed by atoms with Crippen LogP contribution in [0.25, 0.3) is 0 Å². The summed E-state index contributed by atoms with van der Waals surface area (Å²) < 4.78 is 0. The van der Waals surface area contributed by atoms with Crippen molar-refractivity contribution < 1.29 is 0 Å². The lowest BCUT2D eigenvalue weighted by molar-refractivity contribution is 0.127. The lowest BCUT2D eigenvalue weighted by Crippen LogP contribution is -2.55. The Labute approximate surface area is 117 Å². The first kappa shape index (κ1) is 13.2. The van der Waals surface area contributed by atoms with Crippen LogP contribution in [0.5, 0.6) is 0 Å². The predicted molar refractivity (Wildman–Crippen MR) is 81.4 cm³/mol. The molecule has 19 heavy (non-hydrogen) atoms. The largest absolute Gasteiger partial charge is 0.313 e. The van der Waals surface area contributed by atoms with Gasteiger partial charge in [0.25, 0.3) is 0 Å². The van der Waals surface area contributed by atoms with Crippen LogP contribution in [0, 0.1) is 5.92 Å². The molecule has 1 atom stereocenters. The van der Waals surface area contributed by atoms with Crippen molar-refractivity contribution in [3.05, 3.63) is 35.9 Å². The fraction of sp³-hybridized carbons (Fsp3) is 0.667. The van der Waals surface area contributed by atoms with E-state index in [4.69, 9.17) is 0 Å². The van der Waals surface area contributed by atoms with Gasteiger partial charge < -0.3 is 5.32 Å². The van der Waals surface area contributed by atoms with Gasteiger partial charge >= 0.3 is 0 Å². The van der Waals surface area contributed by atoms with Gasteiger partial charge in [0.05, 0.1) is 0 Å². The minimum Gasteiger partial charge on any atom is -0.313 e. The van der Waals surface area contributed by atoms with Crippen LogP contribution in [0.1, 0.15) is 57.4 Å². The monoisotopic (exact) mass is 257 g/mol. The molecule has 1 unspecified atom stereocenters. The van der Waals surface area contributed by atoms with Gasteiger partial charge in [0.2, 0.25) is 0 Å². The Morgan fingerprint density at radius 2 is 1.79 bits per heavy atom. The summed E-state index contributed by atoms with van der Waals surface area (Å²) in [5.74, 6) is 0.903. The van der Waals surface area contributed by atoms with Crippen molar-refractivity contribution in [2.75, 3.05) is 6.54 Å². The van der Waals surface area contributed by atoms with E-state index in [1.807, 2.05) is 0 Å². The molecule has 104 valence electrons. The fourth-order valence-corrected chi connectivity index (χ4v) is 4.43. The smallest absolute Gasteiger partial charge is 0.0192 e. The molecule has 1 nitrogen and oxygen atoms in total. The van der Waals surface area contributed by atoms with Crippen molar-refractivity contribution >= 4 is 0 Å². The molecule has 0 spiro atoms. The van der Waals surface area contributed by atoms with Gasteiger partial charge in [0, 0.05) is 11.5 Å². The van der Waals surface area contributed by atoms with E-state index in [1.165, 1.54) is 44.9 Å². The second-order valence-electron chi connectivity index (χ2n) is 6.46. The Kier molecular flexibility index (Phi) is 3.93. The van der Waals surface area contributed by atoms with E-state index < -0.39 is 0 Å². The fourth-order valence-electron chi connectivity index (χ4n) is 4.43. The summed E-state index contributed by atoms with van der Waals surface area (Å²) in [6.45, 7) is 3.37. The predicted octanol–water partition coefficient (Wildman–Crippen LogP) is 4.28. The highest BCUT2D eigenvalue weighted by molar-refractivity contribution is 5.31. The highest BCUT2D eigenvalue weighted by atomic mass is 14.9. The molecule has 0 radical (unpaired) electrons. The van der Waals surface area contributed by atoms with Crippen LogP contribution >= 0.6 is 0 Å². The molecule has 0 saturated heterocycles. The Morgan fingerprint density at radius 1 is 1.11 bits per heavy atom. The number of hydrogen-bond donors (Lipinski definition) is 1. The summed E-state index contributed by atoms with van der Waals surface area (Å²) in [5.41, 5.74) is 2.02. The molecular formula is C18H27N. The lowest BCUT2D eigenvalue weighted by atomic mass is 9.57. The Bertz CT molecular complexity index is 387. The summed E-state index contributed by atoms with van der Waals surface area (Å²) in [5, 5.41) is 3.87. The van der Waals surface area contributed by atoms with E-state index in [-0.39, 0.29) is 0 Å². The summed E-state index contributed by atoms with van der Waals surface area (Å²) in [7, 11) is 0. The molecule has 1 aromatic carbocycles. The molecule has 1 aromatic rings. The Balaban J connectivity index is 1.89. The van der Waals surface area contributed by atoms with E-state index in [1.54, 1.807) is 5.56 Å². The summed E-state index contributed by atoms with van der Waals surface area (Å²) >= 11 is 0. The summed E-state index contributed by atoms with van der Waals surface area (Å²) in [6, 6.07) is 12.0. The van der Waals surface area contributed by atoms with E-state index in [0.29, 0.717) is 11.5 Å². The third-order valence-electron chi connectivity index (χ3n) is 5.49. The molecule has 0 amide bonds. The summed E-state index contributed by atoms with van der Waals surface area (Å²) in [4.78, 5) is 0.